The lowest BCUT2D eigenvalue weighted by atomic mass is 9.95. The van der Waals surface area contributed by atoms with Gasteiger partial charge in [0.05, 0.1) is 12.5 Å². The van der Waals surface area contributed by atoms with Gasteiger partial charge in [0, 0.05) is 28.8 Å². The number of hydrogen-bond acceptors (Lipinski definition) is 3. The monoisotopic (exact) mass is 320 g/mol. The minimum Gasteiger partial charge on any atom is -0.351 e. The summed E-state index contributed by atoms with van der Waals surface area (Å²) < 4.78 is 0. The van der Waals surface area contributed by atoms with Gasteiger partial charge in [0.1, 0.15) is 0 Å². The number of carbonyl (C=O) groups excluding carboxylic acids is 2. The van der Waals surface area contributed by atoms with Gasteiger partial charge in [-0.25, -0.2) is 0 Å². The Morgan fingerprint density at radius 1 is 1.32 bits per heavy atom. The van der Waals surface area contributed by atoms with Crippen molar-refractivity contribution in [1.29, 1.82) is 0 Å². The highest BCUT2D eigenvalue weighted by Gasteiger charge is 2.34. The first-order valence-corrected chi connectivity index (χ1v) is 9.07. The van der Waals surface area contributed by atoms with Gasteiger partial charge in [-0.2, -0.15) is 0 Å². The molecule has 3 rings (SSSR count). The molecule has 1 N–H and O–H groups in total. The number of nitrogens with zero attached hydrogens (tertiary/aromatic N) is 1. The SMILES string of the molecule is Cc1ccc(CNC(=O)C2CCC(=O)N(C3CCCC3)C2)s1. The number of likely N-dealkylation sites (tertiary alicyclic amines) is 1. The third-order valence-corrected chi connectivity index (χ3v) is 5.81. The van der Waals surface area contributed by atoms with E-state index in [4.69, 9.17) is 0 Å². The Labute approximate surface area is 135 Å². The molecule has 2 fully saturated rings. The minimum atomic E-state index is -0.0423. The second-order valence-electron chi connectivity index (χ2n) is 6.45. The van der Waals surface area contributed by atoms with E-state index in [1.165, 1.54) is 22.6 Å². The van der Waals surface area contributed by atoms with Gasteiger partial charge >= 0.3 is 0 Å². The van der Waals surface area contributed by atoms with E-state index in [0.717, 1.165) is 12.8 Å². The molecule has 1 saturated carbocycles. The van der Waals surface area contributed by atoms with Crippen molar-refractivity contribution in [3.8, 4) is 0 Å². The molecule has 1 aromatic rings. The second kappa shape index (κ2) is 6.82. The predicted octanol–water partition coefficient (Wildman–Crippen LogP) is 2.85. The molecule has 1 aliphatic heterocycles. The molecule has 1 aromatic heterocycles. The van der Waals surface area contributed by atoms with E-state index in [2.05, 4.69) is 24.4 Å². The van der Waals surface area contributed by atoms with Crippen molar-refractivity contribution in [2.75, 3.05) is 6.54 Å². The van der Waals surface area contributed by atoms with Crippen LogP contribution < -0.4 is 5.32 Å². The predicted molar refractivity (Wildman–Crippen MR) is 87.6 cm³/mol. The van der Waals surface area contributed by atoms with Crippen LogP contribution in [-0.2, 0) is 16.1 Å². The van der Waals surface area contributed by atoms with Crippen molar-refractivity contribution in [1.82, 2.24) is 10.2 Å². The van der Waals surface area contributed by atoms with Crippen LogP contribution in [0.5, 0.6) is 0 Å². The summed E-state index contributed by atoms with van der Waals surface area (Å²) in [4.78, 5) is 29.0. The molecule has 2 heterocycles. The maximum atomic E-state index is 12.4. The average molecular weight is 320 g/mol. The number of aryl methyl sites for hydroxylation is 1. The molecule has 1 saturated heterocycles. The molecule has 4 nitrogen and oxygen atoms in total. The number of nitrogens with one attached hydrogen (secondary N) is 1. The fourth-order valence-electron chi connectivity index (χ4n) is 3.55. The number of carbonyl (C=O) groups is 2. The van der Waals surface area contributed by atoms with Gasteiger partial charge in [-0.05, 0) is 38.3 Å². The van der Waals surface area contributed by atoms with E-state index in [0.29, 0.717) is 32.0 Å². The third kappa shape index (κ3) is 3.51. The first kappa shape index (κ1) is 15.5. The Morgan fingerprint density at radius 2 is 2.09 bits per heavy atom. The summed E-state index contributed by atoms with van der Waals surface area (Å²) in [6, 6.07) is 4.52. The van der Waals surface area contributed by atoms with Gasteiger partial charge in [-0.15, -0.1) is 11.3 Å². The average Bonchev–Trinajstić information content (AvgIpc) is 3.17. The lowest BCUT2D eigenvalue weighted by molar-refractivity contribution is -0.140. The summed E-state index contributed by atoms with van der Waals surface area (Å²) in [6.45, 7) is 3.28. The molecule has 1 aliphatic carbocycles. The van der Waals surface area contributed by atoms with Crippen molar-refractivity contribution >= 4 is 23.2 Å². The first-order chi connectivity index (χ1) is 10.6. The number of rotatable bonds is 4. The molecule has 120 valence electrons. The van der Waals surface area contributed by atoms with Crippen LogP contribution in [0.25, 0.3) is 0 Å². The Kier molecular flexibility index (Phi) is 4.81. The van der Waals surface area contributed by atoms with E-state index in [1.807, 2.05) is 4.90 Å². The van der Waals surface area contributed by atoms with Gasteiger partial charge in [0.2, 0.25) is 11.8 Å². The summed E-state index contributed by atoms with van der Waals surface area (Å²) in [5.41, 5.74) is 0. The van der Waals surface area contributed by atoms with Gasteiger partial charge in [0.25, 0.3) is 0 Å². The van der Waals surface area contributed by atoms with Crippen molar-refractivity contribution in [2.45, 2.75) is 58.0 Å². The molecule has 22 heavy (non-hydrogen) atoms. The highest BCUT2D eigenvalue weighted by Crippen LogP contribution is 2.28. The van der Waals surface area contributed by atoms with Crippen LogP contribution in [0.15, 0.2) is 12.1 Å². The smallest absolute Gasteiger partial charge is 0.225 e. The quantitative estimate of drug-likeness (QED) is 0.927. The summed E-state index contributed by atoms with van der Waals surface area (Å²) in [5, 5.41) is 3.04. The van der Waals surface area contributed by atoms with E-state index < -0.39 is 0 Å². The van der Waals surface area contributed by atoms with Crippen molar-refractivity contribution < 1.29 is 9.59 Å². The molecule has 0 aromatic carbocycles. The molecule has 0 spiro atoms. The van der Waals surface area contributed by atoms with Crippen molar-refractivity contribution in [3.05, 3.63) is 21.9 Å². The van der Waals surface area contributed by atoms with Gasteiger partial charge in [-0.1, -0.05) is 12.8 Å². The Balaban J connectivity index is 1.54. The zero-order chi connectivity index (χ0) is 15.5. The van der Waals surface area contributed by atoms with Crippen LogP contribution in [0.1, 0.15) is 48.3 Å². The molecule has 0 radical (unpaired) electrons. The summed E-state index contributed by atoms with van der Waals surface area (Å²) in [5.74, 6) is 0.297. The van der Waals surface area contributed by atoms with E-state index >= 15 is 0 Å². The highest BCUT2D eigenvalue weighted by atomic mass is 32.1. The van der Waals surface area contributed by atoms with E-state index in [1.54, 1.807) is 11.3 Å². The molecule has 1 atom stereocenters. The summed E-state index contributed by atoms with van der Waals surface area (Å²) >= 11 is 1.72. The van der Waals surface area contributed by atoms with Gasteiger partial charge < -0.3 is 10.2 Å². The third-order valence-electron chi connectivity index (χ3n) is 4.81. The number of thiophene rings is 1. The van der Waals surface area contributed by atoms with Crippen molar-refractivity contribution in [2.24, 2.45) is 5.92 Å². The topological polar surface area (TPSA) is 49.4 Å². The maximum Gasteiger partial charge on any atom is 0.225 e. The summed E-state index contributed by atoms with van der Waals surface area (Å²) in [6.07, 6.45) is 5.85. The standard InChI is InChI=1S/C17H24N2O2S/c1-12-6-8-15(22-12)10-18-17(21)13-7-9-16(20)19(11-13)14-4-2-3-5-14/h6,8,13-14H,2-5,7,9-11H2,1H3,(H,18,21). The Bertz CT molecular complexity index is 549. The van der Waals surface area contributed by atoms with Crippen LogP contribution in [0.4, 0.5) is 0 Å². The summed E-state index contributed by atoms with van der Waals surface area (Å²) in [7, 11) is 0. The number of hydrogen-bond donors (Lipinski definition) is 1. The van der Waals surface area contributed by atoms with Crippen LogP contribution >= 0.6 is 11.3 Å². The highest BCUT2D eigenvalue weighted by molar-refractivity contribution is 7.11. The zero-order valence-electron chi connectivity index (χ0n) is 13.1. The molecular weight excluding hydrogens is 296 g/mol. The second-order valence-corrected chi connectivity index (χ2v) is 7.82. The van der Waals surface area contributed by atoms with E-state index in [-0.39, 0.29) is 17.7 Å². The molecular formula is C17H24N2O2S. The molecule has 2 amide bonds. The number of amides is 2. The fourth-order valence-corrected chi connectivity index (χ4v) is 4.38. The first-order valence-electron chi connectivity index (χ1n) is 8.26. The fraction of sp³-hybridized carbons (Fsp3) is 0.647. The Hall–Kier alpha value is -1.36. The molecule has 1 unspecified atom stereocenters. The minimum absolute atomic E-state index is 0.0423. The molecule has 5 heteroatoms. The Morgan fingerprint density at radius 3 is 2.77 bits per heavy atom. The van der Waals surface area contributed by atoms with Gasteiger partial charge in [-0.3, -0.25) is 9.59 Å². The van der Waals surface area contributed by atoms with Gasteiger partial charge in [0.15, 0.2) is 0 Å². The van der Waals surface area contributed by atoms with Crippen LogP contribution in [-0.4, -0.2) is 29.3 Å². The largest absolute Gasteiger partial charge is 0.351 e. The lowest BCUT2D eigenvalue weighted by Crippen LogP contribution is -2.49. The van der Waals surface area contributed by atoms with Crippen LogP contribution in [0.3, 0.4) is 0 Å². The maximum absolute atomic E-state index is 12.4. The molecule has 2 aliphatic rings. The van der Waals surface area contributed by atoms with Crippen molar-refractivity contribution in [3.63, 3.8) is 0 Å². The van der Waals surface area contributed by atoms with Crippen LogP contribution in [0.2, 0.25) is 0 Å². The molecule has 0 bridgehead atoms. The lowest BCUT2D eigenvalue weighted by Gasteiger charge is -2.36. The van der Waals surface area contributed by atoms with Crippen LogP contribution in [0, 0.1) is 12.8 Å². The zero-order valence-corrected chi connectivity index (χ0v) is 14.0. The normalized spacial score (nSPS) is 23.0. The number of piperidine rings is 1. The van der Waals surface area contributed by atoms with E-state index in [9.17, 15) is 9.59 Å².